The van der Waals surface area contributed by atoms with E-state index in [-0.39, 0.29) is 31.1 Å². The summed E-state index contributed by atoms with van der Waals surface area (Å²) in [4.78, 5) is 23.9. The summed E-state index contributed by atoms with van der Waals surface area (Å²) in [7, 11) is -3.78. The molecule has 8 nitrogen and oxygen atoms in total. The Hall–Kier alpha value is -2.20. The van der Waals surface area contributed by atoms with Crippen molar-refractivity contribution in [3.05, 3.63) is 41.4 Å². The topological polar surface area (TPSA) is 105 Å². The smallest absolute Gasteiger partial charge is 0.325 e. The summed E-state index contributed by atoms with van der Waals surface area (Å²) in [6, 6.07) is 9.31. The minimum Gasteiger partial charge on any atom is -0.465 e. The molecule has 0 aromatic heterocycles. The second-order valence-corrected chi connectivity index (χ2v) is 8.92. The number of ether oxygens (including phenoxy) is 1. The van der Waals surface area contributed by atoms with Crippen LogP contribution in [0.4, 0.5) is 0 Å². The van der Waals surface area contributed by atoms with Gasteiger partial charge in [0.25, 0.3) is 0 Å². The van der Waals surface area contributed by atoms with Crippen LogP contribution < -0.4 is 10.6 Å². The number of nitrogens with zero attached hydrogens (tertiary/aromatic N) is 1. The van der Waals surface area contributed by atoms with Crippen LogP contribution in [0.15, 0.2) is 41.3 Å². The molecular weight excluding hydrogens is 418 g/mol. The predicted molar refractivity (Wildman–Crippen MR) is 109 cm³/mol. The van der Waals surface area contributed by atoms with Crippen molar-refractivity contribution in [3.8, 4) is 0 Å². The van der Waals surface area contributed by atoms with Crippen LogP contribution in [0.2, 0.25) is 5.02 Å². The number of piperazine rings is 1. The normalized spacial score (nSPS) is 17.8. The van der Waals surface area contributed by atoms with Crippen LogP contribution in [0.5, 0.6) is 0 Å². The first-order chi connectivity index (χ1) is 13.8. The maximum atomic E-state index is 13.1. The number of carbonyl (C=O) groups is 2. The number of sulfonamides is 1. The molecule has 1 fully saturated rings. The van der Waals surface area contributed by atoms with Crippen LogP contribution in [0.25, 0.3) is 10.8 Å². The minimum atomic E-state index is -3.78. The zero-order chi connectivity index (χ0) is 21.0. The van der Waals surface area contributed by atoms with Crippen molar-refractivity contribution in [2.24, 2.45) is 0 Å². The summed E-state index contributed by atoms with van der Waals surface area (Å²) in [6.45, 7) is 2.16. The molecule has 1 atom stereocenters. The number of carbonyl (C=O) groups excluding carboxylic acids is 2. The molecule has 1 aliphatic heterocycles. The molecule has 0 spiro atoms. The second kappa shape index (κ2) is 9.08. The lowest BCUT2D eigenvalue weighted by atomic mass is 10.1. The maximum absolute atomic E-state index is 13.1. The summed E-state index contributed by atoms with van der Waals surface area (Å²) in [5.74, 6) is -0.997. The highest BCUT2D eigenvalue weighted by atomic mass is 35.5. The zero-order valence-corrected chi connectivity index (χ0v) is 17.4. The van der Waals surface area contributed by atoms with E-state index in [1.807, 2.05) is 0 Å². The predicted octanol–water partition coefficient (Wildman–Crippen LogP) is 1.14. The molecule has 29 heavy (non-hydrogen) atoms. The third-order valence-corrected chi connectivity index (χ3v) is 6.67. The van der Waals surface area contributed by atoms with Crippen molar-refractivity contribution in [2.45, 2.75) is 17.9 Å². The molecule has 1 aliphatic rings. The van der Waals surface area contributed by atoms with Gasteiger partial charge in [0.1, 0.15) is 12.6 Å². The van der Waals surface area contributed by atoms with Crippen molar-refractivity contribution in [1.29, 1.82) is 0 Å². The summed E-state index contributed by atoms with van der Waals surface area (Å²) >= 11 is 5.98. The fourth-order valence-electron chi connectivity index (χ4n) is 3.12. The number of amides is 1. The quantitative estimate of drug-likeness (QED) is 0.654. The lowest BCUT2D eigenvalue weighted by Crippen LogP contribution is -2.58. The highest BCUT2D eigenvalue weighted by molar-refractivity contribution is 7.89. The van der Waals surface area contributed by atoms with Crippen LogP contribution in [0, 0.1) is 0 Å². The average molecular weight is 440 g/mol. The van der Waals surface area contributed by atoms with Crippen LogP contribution in [0.1, 0.15) is 6.92 Å². The Morgan fingerprint density at radius 2 is 1.97 bits per heavy atom. The maximum Gasteiger partial charge on any atom is 0.325 e. The molecule has 1 amide bonds. The largest absolute Gasteiger partial charge is 0.465 e. The van der Waals surface area contributed by atoms with Crippen molar-refractivity contribution >= 4 is 44.3 Å². The molecule has 156 valence electrons. The van der Waals surface area contributed by atoms with Gasteiger partial charge in [-0.15, -0.1) is 0 Å². The van der Waals surface area contributed by atoms with Crippen LogP contribution in [-0.2, 0) is 24.3 Å². The summed E-state index contributed by atoms with van der Waals surface area (Å²) in [5, 5.41) is 7.62. The van der Waals surface area contributed by atoms with E-state index in [0.717, 1.165) is 10.8 Å². The van der Waals surface area contributed by atoms with Gasteiger partial charge in [-0.1, -0.05) is 23.7 Å². The van der Waals surface area contributed by atoms with E-state index in [0.29, 0.717) is 11.6 Å². The average Bonchev–Trinajstić information content (AvgIpc) is 2.71. The van der Waals surface area contributed by atoms with E-state index < -0.39 is 27.9 Å². The molecule has 0 radical (unpaired) electrons. The number of fused-ring (bicyclic) bond motifs is 1. The third-order valence-electron chi connectivity index (χ3n) is 4.58. The van der Waals surface area contributed by atoms with Gasteiger partial charge in [0.2, 0.25) is 15.9 Å². The van der Waals surface area contributed by atoms with E-state index in [1.165, 1.54) is 10.4 Å². The molecule has 0 aliphatic carbocycles. The Kier molecular flexibility index (Phi) is 6.74. The van der Waals surface area contributed by atoms with Gasteiger partial charge < -0.3 is 15.4 Å². The standard InChI is InChI=1S/C19H22ClN3O5S/c1-2-28-18(24)11-22-19(25)17-12-23(8-7-21-17)29(26,27)16-6-4-13-9-15(20)5-3-14(13)10-16/h3-6,9-10,17,21H,2,7-8,11-12H2,1H3,(H,22,25). The van der Waals surface area contributed by atoms with Crippen molar-refractivity contribution in [2.75, 3.05) is 32.8 Å². The van der Waals surface area contributed by atoms with Gasteiger partial charge >= 0.3 is 5.97 Å². The zero-order valence-electron chi connectivity index (χ0n) is 15.9. The number of nitrogens with one attached hydrogen (secondary N) is 2. The number of halogens is 1. The van der Waals surface area contributed by atoms with Gasteiger partial charge in [-0.2, -0.15) is 4.31 Å². The molecule has 1 unspecified atom stereocenters. The van der Waals surface area contributed by atoms with Gasteiger partial charge in [-0.3, -0.25) is 9.59 Å². The van der Waals surface area contributed by atoms with Crippen molar-refractivity contribution < 1.29 is 22.7 Å². The molecule has 1 saturated heterocycles. The molecule has 2 aromatic rings. The first-order valence-electron chi connectivity index (χ1n) is 9.17. The number of rotatable bonds is 6. The monoisotopic (exact) mass is 439 g/mol. The number of hydrogen-bond donors (Lipinski definition) is 2. The Morgan fingerprint density at radius 3 is 2.72 bits per heavy atom. The fourth-order valence-corrected chi connectivity index (χ4v) is 4.79. The molecule has 0 saturated carbocycles. The second-order valence-electron chi connectivity index (χ2n) is 6.55. The Bertz CT molecular complexity index is 1030. The first-order valence-corrected chi connectivity index (χ1v) is 11.0. The van der Waals surface area contributed by atoms with Gasteiger partial charge in [-0.05, 0) is 42.0 Å². The lowest BCUT2D eigenvalue weighted by molar-refractivity contribution is -0.143. The van der Waals surface area contributed by atoms with Crippen LogP contribution in [-0.4, -0.2) is 63.4 Å². The van der Waals surface area contributed by atoms with E-state index in [9.17, 15) is 18.0 Å². The molecule has 10 heteroatoms. The summed E-state index contributed by atoms with van der Waals surface area (Å²) in [6.07, 6.45) is 0. The minimum absolute atomic E-state index is 0.0321. The summed E-state index contributed by atoms with van der Waals surface area (Å²) in [5.41, 5.74) is 0. The van der Waals surface area contributed by atoms with E-state index in [2.05, 4.69) is 10.6 Å². The molecule has 1 heterocycles. The van der Waals surface area contributed by atoms with Crippen molar-refractivity contribution in [1.82, 2.24) is 14.9 Å². The lowest BCUT2D eigenvalue weighted by Gasteiger charge is -2.32. The molecular formula is C19H22ClN3O5S. The molecule has 0 bridgehead atoms. The Labute approximate surface area is 174 Å². The van der Waals surface area contributed by atoms with Gasteiger partial charge in [0, 0.05) is 24.7 Å². The Balaban J connectivity index is 1.72. The van der Waals surface area contributed by atoms with Crippen LogP contribution >= 0.6 is 11.6 Å². The van der Waals surface area contributed by atoms with E-state index in [4.69, 9.17) is 16.3 Å². The molecule has 3 rings (SSSR count). The SMILES string of the molecule is CCOC(=O)CNC(=O)C1CN(S(=O)(=O)c2ccc3cc(Cl)ccc3c2)CCN1. The Morgan fingerprint density at radius 1 is 1.24 bits per heavy atom. The van der Waals surface area contributed by atoms with E-state index in [1.54, 1.807) is 37.3 Å². The van der Waals surface area contributed by atoms with E-state index >= 15 is 0 Å². The van der Waals surface area contributed by atoms with Gasteiger partial charge in [0.05, 0.1) is 11.5 Å². The number of benzene rings is 2. The molecule has 2 N–H and O–H groups in total. The van der Waals surface area contributed by atoms with Crippen molar-refractivity contribution in [3.63, 3.8) is 0 Å². The highest BCUT2D eigenvalue weighted by Crippen LogP contribution is 2.25. The summed E-state index contributed by atoms with van der Waals surface area (Å²) < 4.78 is 32.2. The van der Waals surface area contributed by atoms with Crippen LogP contribution in [0.3, 0.4) is 0 Å². The number of hydrogen-bond acceptors (Lipinski definition) is 6. The highest BCUT2D eigenvalue weighted by Gasteiger charge is 2.33. The first kappa shape index (κ1) is 21.5. The van der Waals surface area contributed by atoms with Gasteiger partial charge in [-0.25, -0.2) is 8.42 Å². The third kappa shape index (κ3) is 5.05. The molecule has 2 aromatic carbocycles. The number of esters is 1. The van der Waals surface area contributed by atoms with Gasteiger partial charge in [0.15, 0.2) is 0 Å². The fraction of sp³-hybridized carbons (Fsp3) is 0.368.